The highest BCUT2D eigenvalue weighted by Gasteiger charge is 2.12. The van der Waals surface area contributed by atoms with Crippen LogP contribution >= 0.6 is 0 Å². The summed E-state index contributed by atoms with van der Waals surface area (Å²) in [5, 5.41) is 2.90. The number of hydrogen-bond donors (Lipinski definition) is 1. The van der Waals surface area contributed by atoms with Gasteiger partial charge in [0, 0.05) is 12.3 Å². The number of para-hydroxylation sites is 1. The third-order valence-corrected chi connectivity index (χ3v) is 3.95. The average Bonchev–Trinajstić information content (AvgIpc) is 2.70. The summed E-state index contributed by atoms with van der Waals surface area (Å²) >= 11 is 0. The zero-order chi connectivity index (χ0) is 19.3. The van der Waals surface area contributed by atoms with Crippen LogP contribution in [0.3, 0.4) is 0 Å². The quantitative estimate of drug-likeness (QED) is 0.538. The number of hydrogen-bond acceptors (Lipinski definition) is 4. The smallest absolute Gasteiger partial charge is 0.259 e. The fourth-order valence-electron chi connectivity index (χ4n) is 2.51. The molecule has 1 N–H and O–H groups in total. The highest BCUT2D eigenvalue weighted by Crippen LogP contribution is 2.21. The lowest BCUT2D eigenvalue weighted by molar-refractivity contribution is 0.102. The third-order valence-electron chi connectivity index (χ3n) is 3.95. The minimum atomic E-state index is -0.189. The van der Waals surface area contributed by atoms with Crippen molar-refractivity contribution in [3.8, 4) is 11.5 Å². The average molecular weight is 371 g/mol. The van der Waals surface area contributed by atoms with Crippen molar-refractivity contribution in [3.05, 3.63) is 54.1 Å². The van der Waals surface area contributed by atoms with Crippen molar-refractivity contribution in [2.75, 3.05) is 31.7 Å². The van der Waals surface area contributed by atoms with Gasteiger partial charge in [-0.2, -0.15) is 0 Å². The molecule has 0 atom stereocenters. The number of rotatable bonds is 12. The van der Waals surface area contributed by atoms with Crippen LogP contribution in [0.5, 0.6) is 11.5 Å². The highest BCUT2D eigenvalue weighted by atomic mass is 16.5. The largest absolute Gasteiger partial charge is 0.493 e. The van der Waals surface area contributed by atoms with E-state index in [9.17, 15) is 4.79 Å². The van der Waals surface area contributed by atoms with Crippen molar-refractivity contribution in [1.82, 2.24) is 0 Å². The fraction of sp³-hybridized carbons (Fsp3) is 0.409. The minimum Gasteiger partial charge on any atom is -0.493 e. The molecule has 0 saturated heterocycles. The molecule has 1 amide bonds. The summed E-state index contributed by atoms with van der Waals surface area (Å²) in [4.78, 5) is 12.6. The lowest BCUT2D eigenvalue weighted by Crippen LogP contribution is -2.14. The van der Waals surface area contributed by atoms with E-state index in [1.165, 1.54) is 0 Å². The standard InChI is InChI=1S/C22H29NO4/c1-3-5-8-15-27-21-10-7-6-9-20(21)22(24)23-18-11-13-19(14-12-18)26-17-16-25-4-2/h6-7,9-14H,3-5,8,15-17H2,1-2H3,(H,23,24). The predicted molar refractivity (Wildman–Crippen MR) is 108 cm³/mol. The van der Waals surface area contributed by atoms with Crippen LogP contribution in [0.1, 0.15) is 43.5 Å². The summed E-state index contributed by atoms with van der Waals surface area (Å²) < 4.78 is 16.6. The van der Waals surface area contributed by atoms with Crippen LogP contribution in [0.2, 0.25) is 0 Å². The number of anilines is 1. The van der Waals surface area contributed by atoms with E-state index in [4.69, 9.17) is 14.2 Å². The molecular formula is C22H29NO4. The normalized spacial score (nSPS) is 10.4. The monoisotopic (exact) mass is 371 g/mol. The Hall–Kier alpha value is -2.53. The van der Waals surface area contributed by atoms with Crippen molar-refractivity contribution in [2.45, 2.75) is 33.1 Å². The molecule has 0 bridgehead atoms. The lowest BCUT2D eigenvalue weighted by atomic mass is 10.1. The van der Waals surface area contributed by atoms with Gasteiger partial charge in [0.15, 0.2) is 0 Å². The molecule has 0 radical (unpaired) electrons. The zero-order valence-electron chi connectivity index (χ0n) is 16.2. The number of carbonyl (C=O) groups excluding carboxylic acids is 1. The molecule has 2 aromatic rings. The van der Waals surface area contributed by atoms with Gasteiger partial charge in [0.25, 0.3) is 5.91 Å². The summed E-state index contributed by atoms with van der Waals surface area (Å²) in [7, 11) is 0. The van der Waals surface area contributed by atoms with E-state index in [1.54, 1.807) is 6.07 Å². The summed E-state index contributed by atoms with van der Waals surface area (Å²) in [5.41, 5.74) is 1.24. The van der Waals surface area contributed by atoms with E-state index >= 15 is 0 Å². The predicted octanol–water partition coefficient (Wildman–Crippen LogP) is 4.92. The van der Waals surface area contributed by atoms with Crippen molar-refractivity contribution in [1.29, 1.82) is 0 Å². The second-order valence-corrected chi connectivity index (χ2v) is 6.08. The maximum Gasteiger partial charge on any atom is 0.259 e. The first-order valence-corrected chi connectivity index (χ1v) is 9.58. The molecule has 0 saturated carbocycles. The van der Waals surface area contributed by atoms with Gasteiger partial charge >= 0.3 is 0 Å². The molecule has 5 heteroatoms. The van der Waals surface area contributed by atoms with E-state index in [1.807, 2.05) is 49.4 Å². The summed E-state index contributed by atoms with van der Waals surface area (Å²) in [6.45, 7) is 6.46. The van der Waals surface area contributed by atoms with Gasteiger partial charge in [-0.05, 0) is 49.7 Å². The van der Waals surface area contributed by atoms with Crippen LogP contribution in [0, 0.1) is 0 Å². The Morgan fingerprint density at radius 3 is 2.41 bits per heavy atom. The van der Waals surface area contributed by atoms with Crippen LogP contribution in [-0.2, 0) is 4.74 Å². The minimum absolute atomic E-state index is 0.189. The number of benzene rings is 2. The molecule has 0 heterocycles. The Balaban J connectivity index is 1.91. The number of nitrogens with one attached hydrogen (secondary N) is 1. The number of ether oxygens (including phenoxy) is 3. The van der Waals surface area contributed by atoms with Crippen molar-refractivity contribution >= 4 is 11.6 Å². The molecule has 5 nitrogen and oxygen atoms in total. The van der Waals surface area contributed by atoms with Crippen molar-refractivity contribution in [2.24, 2.45) is 0 Å². The maximum absolute atomic E-state index is 12.6. The molecule has 27 heavy (non-hydrogen) atoms. The lowest BCUT2D eigenvalue weighted by Gasteiger charge is -2.12. The van der Waals surface area contributed by atoms with E-state index in [2.05, 4.69) is 12.2 Å². The van der Waals surface area contributed by atoms with Crippen LogP contribution in [0.25, 0.3) is 0 Å². The molecule has 146 valence electrons. The van der Waals surface area contributed by atoms with Gasteiger partial charge < -0.3 is 19.5 Å². The van der Waals surface area contributed by atoms with Gasteiger partial charge in [0.1, 0.15) is 18.1 Å². The molecule has 0 aliphatic rings. The molecule has 0 aromatic heterocycles. The molecule has 0 unspecified atom stereocenters. The third kappa shape index (κ3) is 7.31. The van der Waals surface area contributed by atoms with E-state index in [-0.39, 0.29) is 5.91 Å². The number of carbonyl (C=O) groups is 1. The number of amides is 1. The first kappa shape index (κ1) is 20.8. The van der Waals surface area contributed by atoms with Crippen LogP contribution in [0.4, 0.5) is 5.69 Å². The van der Waals surface area contributed by atoms with Crippen molar-refractivity contribution in [3.63, 3.8) is 0 Å². The van der Waals surface area contributed by atoms with Crippen LogP contribution < -0.4 is 14.8 Å². The first-order chi connectivity index (χ1) is 13.2. The molecule has 2 aromatic carbocycles. The van der Waals surface area contributed by atoms with E-state index in [0.29, 0.717) is 43.4 Å². The molecular weight excluding hydrogens is 342 g/mol. The Bertz CT molecular complexity index is 685. The van der Waals surface area contributed by atoms with Gasteiger partial charge in [-0.15, -0.1) is 0 Å². The summed E-state index contributed by atoms with van der Waals surface area (Å²) in [5.74, 6) is 1.17. The van der Waals surface area contributed by atoms with Gasteiger partial charge in [-0.1, -0.05) is 31.9 Å². The van der Waals surface area contributed by atoms with Gasteiger partial charge in [0.2, 0.25) is 0 Å². The molecule has 0 fully saturated rings. The Morgan fingerprint density at radius 1 is 0.889 bits per heavy atom. The Morgan fingerprint density at radius 2 is 1.67 bits per heavy atom. The van der Waals surface area contributed by atoms with Crippen LogP contribution in [-0.4, -0.2) is 32.3 Å². The molecule has 2 rings (SSSR count). The molecule has 0 aliphatic carbocycles. The molecule has 0 aliphatic heterocycles. The van der Waals surface area contributed by atoms with Crippen LogP contribution in [0.15, 0.2) is 48.5 Å². The Kier molecular flexibility index (Phi) is 9.21. The zero-order valence-corrected chi connectivity index (χ0v) is 16.2. The maximum atomic E-state index is 12.6. The van der Waals surface area contributed by atoms with Gasteiger partial charge in [-0.3, -0.25) is 4.79 Å². The second kappa shape index (κ2) is 12.0. The summed E-state index contributed by atoms with van der Waals surface area (Å²) in [6, 6.07) is 14.6. The number of unbranched alkanes of at least 4 members (excludes halogenated alkanes) is 2. The SMILES string of the molecule is CCCCCOc1ccccc1C(=O)Nc1ccc(OCCOCC)cc1. The topological polar surface area (TPSA) is 56.8 Å². The second-order valence-electron chi connectivity index (χ2n) is 6.08. The fourth-order valence-corrected chi connectivity index (χ4v) is 2.51. The Labute approximate surface area is 161 Å². The summed E-state index contributed by atoms with van der Waals surface area (Å²) in [6.07, 6.45) is 3.24. The first-order valence-electron chi connectivity index (χ1n) is 9.58. The van der Waals surface area contributed by atoms with E-state index in [0.717, 1.165) is 25.0 Å². The van der Waals surface area contributed by atoms with E-state index < -0.39 is 0 Å². The van der Waals surface area contributed by atoms with Crippen molar-refractivity contribution < 1.29 is 19.0 Å². The van der Waals surface area contributed by atoms with Gasteiger partial charge in [-0.25, -0.2) is 0 Å². The van der Waals surface area contributed by atoms with Gasteiger partial charge in [0.05, 0.1) is 18.8 Å². The molecule has 0 spiro atoms. The highest BCUT2D eigenvalue weighted by molar-refractivity contribution is 6.06.